The number of rotatable bonds is 5. The van der Waals surface area contributed by atoms with E-state index in [1.54, 1.807) is 18.2 Å². The van der Waals surface area contributed by atoms with E-state index in [1.807, 2.05) is 60.7 Å². The first-order valence-electron chi connectivity index (χ1n) is 20.0. The first kappa shape index (κ1) is 37.4. The van der Waals surface area contributed by atoms with Gasteiger partial charge in [0, 0.05) is 0 Å². The summed E-state index contributed by atoms with van der Waals surface area (Å²) in [5.41, 5.74) is 5.79. The molecule has 0 saturated heterocycles. The third-order valence-corrected chi connectivity index (χ3v) is 11.9. The number of hydrogen-bond acceptors (Lipinski definition) is 1. The van der Waals surface area contributed by atoms with Gasteiger partial charge >= 0.3 is 6.36 Å². The number of alkyl halides is 3. The minimum absolute atomic E-state index is 0.190. The lowest BCUT2D eigenvalue weighted by Gasteiger charge is -2.21. The van der Waals surface area contributed by atoms with Gasteiger partial charge in [-0.3, -0.25) is 0 Å². The summed E-state index contributed by atoms with van der Waals surface area (Å²) >= 11 is 0. The van der Waals surface area contributed by atoms with E-state index in [2.05, 4.69) is 83.6 Å². The molecule has 0 aromatic heterocycles. The van der Waals surface area contributed by atoms with Crippen LogP contribution in [0.2, 0.25) is 0 Å². The maximum Gasteiger partial charge on any atom is 0.573 e. The Labute approximate surface area is 350 Å². The van der Waals surface area contributed by atoms with Gasteiger partial charge in [-0.1, -0.05) is 121 Å². The molecular weight excluding hydrogens is 791 g/mol. The minimum Gasteiger partial charge on any atom is -0.406 e. The van der Waals surface area contributed by atoms with Crippen LogP contribution in [-0.2, 0) is 0 Å². The number of halogens is 6. The van der Waals surface area contributed by atoms with Crippen molar-refractivity contribution in [2.75, 3.05) is 0 Å². The highest BCUT2D eigenvalue weighted by Gasteiger charge is 2.31. The van der Waals surface area contributed by atoms with Crippen molar-refractivity contribution in [3.05, 3.63) is 199 Å². The van der Waals surface area contributed by atoms with E-state index in [9.17, 15) is 26.3 Å². The van der Waals surface area contributed by atoms with Gasteiger partial charge in [-0.2, -0.15) is 0 Å². The van der Waals surface area contributed by atoms with Gasteiger partial charge in [0.25, 0.3) is 0 Å². The molecule has 0 aliphatic heterocycles. The van der Waals surface area contributed by atoms with E-state index in [1.165, 1.54) is 12.1 Å². The van der Waals surface area contributed by atoms with Gasteiger partial charge in [-0.25, -0.2) is 13.2 Å². The summed E-state index contributed by atoms with van der Waals surface area (Å²) in [5, 5.41) is 11.7. The maximum absolute atomic E-state index is 14.7. The largest absolute Gasteiger partial charge is 0.573 e. The van der Waals surface area contributed by atoms with Crippen molar-refractivity contribution >= 4 is 64.6 Å². The highest BCUT2D eigenvalue weighted by Crippen LogP contribution is 2.48. The molecule has 0 spiro atoms. The second-order valence-corrected chi connectivity index (χ2v) is 15.5. The Morgan fingerprint density at radius 1 is 0.323 bits per heavy atom. The molecule has 7 heteroatoms. The second kappa shape index (κ2) is 14.2. The summed E-state index contributed by atoms with van der Waals surface area (Å²) in [4.78, 5) is 0. The summed E-state index contributed by atoms with van der Waals surface area (Å²) < 4.78 is 87.6. The first-order valence-corrected chi connectivity index (χ1v) is 20.0. The zero-order chi connectivity index (χ0) is 42.3. The van der Waals surface area contributed by atoms with Gasteiger partial charge in [0.1, 0.15) is 5.75 Å². The normalized spacial score (nSPS) is 12.0. The molecular formula is C55H30F6O. The summed E-state index contributed by atoms with van der Waals surface area (Å²) in [6.07, 6.45) is -4.84. The van der Waals surface area contributed by atoms with Crippen LogP contribution in [0, 0.1) is 17.5 Å². The molecule has 0 radical (unpaired) electrons. The van der Waals surface area contributed by atoms with Gasteiger partial charge in [-0.15, -0.1) is 13.2 Å². The fourth-order valence-corrected chi connectivity index (χ4v) is 9.19. The molecule has 11 aromatic rings. The monoisotopic (exact) mass is 820 g/mol. The molecule has 298 valence electrons. The topological polar surface area (TPSA) is 9.23 Å². The van der Waals surface area contributed by atoms with Crippen LogP contribution in [0.3, 0.4) is 0 Å². The highest BCUT2D eigenvalue weighted by atomic mass is 19.4. The van der Waals surface area contributed by atoms with Crippen LogP contribution in [0.4, 0.5) is 26.3 Å². The van der Waals surface area contributed by atoms with Crippen molar-refractivity contribution in [1.82, 2.24) is 0 Å². The molecule has 62 heavy (non-hydrogen) atoms. The fourth-order valence-electron chi connectivity index (χ4n) is 9.19. The molecule has 0 N–H and O–H groups in total. The fraction of sp³-hybridized carbons (Fsp3) is 0.0182. The van der Waals surface area contributed by atoms with E-state index < -0.39 is 23.8 Å². The molecule has 0 bridgehead atoms. The maximum atomic E-state index is 14.7. The van der Waals surface area contributed by atoms with Gasteiger partial charge < -0.3 is 4.74 Å². The van der Waals surface area contributed by atoms with Crippen LogP contribution in [0.15, 0.2) is 182 Å². The van der Waals surface area contributed by atoms with E-state index in [-0.39, 0.29) is 11.3 Å². The first-order chi connectivity index (χ1) is 30.1. The standard InChI is InChI=1S/C55H30F6O/c56-51-29-36(30-52(57)54(51)58)32-19-22-41-37(23-32)28-48-47(46-24-33-9-1-3-11-39(33)42-13-5-7-15-44(42)46)26-35(31-17-20-38(21-18-31)62-55(59,60)61)27-50(48)53(41)49-25-34-10-2-4-12-40(34)43-14-6-8-16-45(43)49/h1-30H. The van der Waals surface area contributed by atoms with Gasteiger partial charge in [0.2, 0.25) is 0 Å². The molecule has 0 heterocycles. The molecule has 0 saturated carbocycles. The molecule has 0 aliphatic carbocycles. The highest BCUT2D eigenvalue weighted by molar-refractivity contribution is 6.25. The Kier molecular flexibility index (Phi) is 8.58. The molecule has 0 fully saturated rings. The SMILES string of the molecule is Fc1cc(-c2ccc3c(-c4cc5ccccc5c5ccccc45)c4cc(-c5ccc(OC(F)(F)F)cc5)cc(-c5cc6ccccc6c6ccccc56)c4cc3c2)cc(F)c1F. The number of hydrogen-bond donors (Lipinski definition) is 0. The lowest BCUT2D eigenvalue weighted by atomic mass is 9.82. The number of fused-ring (bicyclic) bond motifs is 8. The molecule has 0 unspecified atom stereocenters. The smallest absolute Gasteiger partial charge is 0.406 e. The van der Waals surface area contributed by atoms with Gasteiger partial charge in [0.05, 0.1) is 0 Å². The van der Waals surface area contributed by atoms with E-state index >= 15 is 0 Å². The van der Waals surface area contributed by atoms with Crippen molar-refractivity contribution in [1.29, 1.82) is 0 Å². The van der Waals surface area contributed by atoms with E-state index in [0.29, 0.717) is 11.1 Å². The average molecular weight is 821 g/mol. The van der Waals surface area contributed by atoms with Crippen molar-refractivity contribution in [2.24, 2.45) is 0 Å². The third kappa shape index (κ3) is 6.28. The molecule has 0 atom stereocenters. The zero-order valence-corrected chi connectivity index (χ0v) is 32.5. The number of benzene rings is 11. The molecule has 11 aromatic carbocycles. The summed E-state index contributed by atoms with van der Waals surface area (Å²) in [6, 6.07) is 56.9. The summed E-state index contributed by atoms with van der Waals surface area (Å²) in [5.74, 6) is -4.42. The van der Waals surface area contributed by atoms with E-state index in [0.717, 1.165) is 105 Å². The van der Waals surface area contributed by atoms with Crippen molar-refractivity contribution in [3.63, 3.8) is 0 Å². The van der Waals surface area contributed by atoms with Gasteiger partial charge in [0.15, 0.2) is 17.5 Å². The predicted octanol–water partition coefficient (Wildman–Crippen LogP) is 16.6. The summed E-state index contributed by atoms with van der Waals surface area (Å²) in [7, 11) is 0. The lowest BCUT2D eigenvalue weighted by molar-refractivity contribution is -0.274. The Morgan fingerprint density at radius 2 is 0.823 bits per heavy atom. The third-order valence-electron chi connectivity index (χ3n) is 11.9. The van der Waals surface area contributed by atoms with Crippen LogP contribution in [0.5, 0.6) is 5.75 Å². The lowest BCUT2D eigenvalue weighted by Crippen LogP contribution is -2.16. The summed E-state index contributed by atoms with van der Waals surface area (Å²) in [6.45, 7) is 0. The average Bonchev–Trinajstić information content (AvgIpc) is 3.28. The van der Waals surface area contributed by atoms with E-state index in [4.69, 9.17) is 0 Å². The molecule has 1 nitrogen and oxygen atoms in total. The predicted molar refractivity (Wildman–Crippen MR) is 240 cm³/mol. The minimum atomic E-state index is -4.84. The van der Waals surface area contributed by atoms with Crippen LogP contribution in [0.25, 0.3) is 109 Å². The van der Waals surface area contributed by atoms with Crippen LogP contribution < -0.4 is 4.74 Å². The van der Waals surface area contributed by atoms with Gasteiger partial charge in [-0.05, 0) is 170 Å². The second-order valence-electron chi connectivity index (χ2n) is 15.5. The number of ether oxygens (including phenoxy) is 1. The quantitative estimate of drug-likeness (QED) is 0.0727. The molecule has 0 aliphatic rings. The van der Waals surface area contributed by atoms with Crippen LogP contribution in [0.1, 0.15) is 0 Å². The van der Waals surface area contributed by atoms with Crippen LogP contribution >= 0.6 is 0 Å². The van der Waals surface area contributed by atoms with Crippen LogP contribution in [-0.4, -0.2) is 6.36 Å². The Balaban J connectivity index is 1.31. The van der Waals surface area contributed by atoms with Crippen molar-refractivity contribution < 1.29 is 31.1 Å². The Bertz CT molecular complexity index is 3610. The van der Waals surface area contributed by atoms with Crippen molar-refractivity contribution in [3.8, 4) is 50.3 Å². The Morgan fingerprint density at radius 3 is 1.44 bits per heavy atom. The Hall–Kier alpha value is -7.64. The zero-order valence-electron chi connectivity index (χ0n) is 32.5. The molecule has 0 amide bonds. The molecule has 11 rings (SSSR count). The van der Waals surface area contributed by atoms with Crippen molar-refractivity contribution in [2.45, 2.75) is 6.36 Å².